The molecule has 1 atom stereocenters. The predicted octanol–water partition coefficient (Wildman–Crippen LogP) is 1.28. The third-order valence-electron chi connectivity index (χ3n) is 4.57. The van der Waals surface area contributed by atoms with E-state index in [2.05, 4.69) is 20.7 Å². The van der Waals surface area contributed by atoms with Crippen molar-refractivity contribution in [1.29, 1.82) is 0 Å². The number of nitrogens with zero attached hydrogens (tertiary/aromatic N) is 3. The van der Waals surface area contributed by atoms with Gasteiger partial charge >= 0.3 is 6.03 Å². The number of nitrogens with one attached hydrogen (secondary N) is 2. The Morgan fingerprint density at radius 1 is 1.27 bits per heavy atom. The van der Waals surface area contributed by atoms with Crippen LogP contribution in [0, 0.1) is 0 Å². The summed E-state index contributed by atoms with van der Waals surface area (Å²) in [6.45, 7) is 2.91. The molecule has 0 radical (unpaired) electrons. The van der Waals surface area contributed by atoms with Crippen LogP contribution < -0.4 is 10.6 Å². The van der Waals surface area contributed by atoms with Crippen LogP contribution in [-0.2, 0) is 13.0 Å². The first kappa shape index (κ1) is 15.3. The lowest BCUT2D eigenvalue weighted by Crippen LogP contribution is -2.46. The first-order chi connectivity index (χ1) is 10.7. The maximum absolute atomic E-state index is 12.2. The zero-order valence-electron chi connectivity index (χ0n) is 13.1. The second kappa shape index (κ2) is 6.64. The van der Waals surface area contributed by atoms with Crippen LogP contribution in [0.1, 0.15) is 63.1 Å². The van der Waals surface area contributed by atoms with Crippen molar-refractivity contribution in [1.82, 2.24) is 25.4 Å². The SMILES string of the molecule is CCc1nc2n(n1)CCCC2NC(=O)NC1CCC(O)CC1. The molecule has 0 spiro atoms. The van der Waals surface area contributed by atoms with Crippen LogP contribution in [0.2, 0.25) is 0 Å². The molecule has 1 fully saturated rings. The average molecular weight is 307 g/mol. The van der Waals surface area contributed by atoms with Crippen LogP contribution in [0.5, 0.6) is 0 Å². The molecule has 2 amide bonds. The first-order valence-corrected chi connectivity index (χ1v) is 8.34. The van der Waals surface area contributed by atoms with Crippen molar-refractivity contribution >= 4 is 6.03 Å². The van der Waals surface area contributed by atoms with E-state index in [1.807, 2.05) is 11.6 Å². The van der Waals surface area contributed by atoms with Crippen molar-refractivity contribution in [3.63, 3.8) is 0 Å². The summed E-state index contributed by atoms with van der Waals surface area (Å²) in [5, 5.41) is 20.0. The number of amides is 2. The molecule has 0 saturated heterocycles. The molecular weight excluding hydrogens is 282 g/mol. The minimum Gasteiger partial charge on any atom is -0.393 e. The van der Waals surface area contributed by atoms with Gasteiger partial charge in [-0.15, -0.1) is 0 Å². The van der Waals surface area contributed by atoms with Crippen LogP contribution in [0.4, 0.5) is 4.79 Å². The number of carbonyl (C=O) groups is 1. The highest BCUT2D eigenvalue weighted by molar-refractivity contribution is 5.74. The molecule has 1 aromatic rings. The van der Waals surface area contributed by atoms with Gasteiger partial charge in [0.15, 0.2) is 5.82 Å². The highest BCUT2D eigenvalue weighted by atomic mass is 16.3. The van der Waals surface area contributed by atoms with E-state index in [1.54, 1.807) is 0 Å². The van der Waals surface area contributed by atoms with Crippen molar-refractivity contribution in [3.05, 3.63) is 11.6 Å². The summed E-state index contributed by atoms with van der Waals surface area (Å²) in [5.74, 6) is 1.71. The molecule has 2 heterocycles. The molecule has 3 rings (SSSR count). The minimum absolute atomic E-state index is 0.0595. The molecule has 7 heteroatoms. The second-order valence-corrected chi connectivity index (χ2v) is 6.28. The molecule has 1 aromatic heterocycles. The van der Waals surface area contributed by atoms with Gasteiger partial charge in [-0.3, -0.25) is 0 Å². The molecule has 1 saturated carbocycles. The van der Waals surface area contributed by atoms with Crippen LogP contribution in [0.15, 0.2) is 0 Å². The largest absolute Gasteiger partial charge is 0.393 e. The summed E-state index contributed by atoms with van der Waals surface area (Å²) in [5.41, 5.74) is 0. The van der Waals surface area contributed by atoms with Crippen molar-refractivity contribution in [3.8, 4) is 0 Å². The van der Waals surface area contributed by atoms with E-state index in [9.17, 15) is 9.90 Å². The van der Waals surface area contributed by atoms with Gasteiger partial charge in [-0.2, -0.15) is 5.10 Å². The molecular formula is C15H25N5O2. The van der Waals surface area contributed by atoms with Gasteiger partial charge in [-0.25, -0.2) is 14.5 Å². The Kier molecular flexibility index (Phi) is 4.61. The molecule has 1 unspecified atom stereocenters. The zero-order chi connectivity index (χ0) is 15.5. The van der Waals surface area contributed by atoms with Crippen LogP contribution in [0.3, 0.4) is 0 Å². The molecule has 22 heavy (non-hydrogen) atoms. The second-order valence-electron chi connectivity index (χ2n) is 6.28. The number of fused-ring (bicyclic) bond motifs is 1. The smallest absolute Gasteiger partial charge is 0.315 e. The third-order valence-corrected chi connectivity index (χ3v) is 4.57. The molecule has 122 valence electrons. The minimum atomic E-state index is -0.203. The van der Waals surface area contributed by atoms with Gasteiger partial charge in [0.05, 0.1) is 12.1 Å². The Labute approximate surface area is 130 Å². The fourth-order valence-corrected chi connectivity index (χ4v) is 3.29. The lowest BCUT2D eigenvalue weighted by Gasteiger charge is -2.28. The monoisotopic (exact) mass is 307 g/mol. The van der Waals surface area contributed by atoms with Gasteiger partial charge in [0.1, 0.15) is 5.82 Å². The molecule has 0 aromatic carbocycles. The molecule has 2 aliphatic rings. The number of aryl methyl sites for hydroxylation is 2. The standard InChI is InChI=1S/C15H25N5O2/c1-2-13-18-14-12(4-3-9-20(14)19-13)17-15(22)16-10-5-7-11(21)8-6-10/h10-12,21H,2-9H2,1H3,(H2,16,17,22). The normalized spacial score (nSPS) is 28.0. The van der Waals surface area contributed by atoms with Crippen LogP contribution >= 0.6 is 0 Å². The van der Waals surface area contributed by atoms with Crippen molar-refractivity contribution in [2.24, 2.45) is 0 Å². The van der Waals surface area contributed by atoms with Gasteiger partial charge in [-0.05, 0) is 38.5 Å². The summed E-state index contributed by atoms with van der Waals surface area (Å²) in [7, 11) is 0. The number of hydrogen-bond donors (Lipinski definition) is 3. The average Bonchev–Trinajstić information content (AvgIpc) is 2.94. The predicted molar refractivity (Wildman–Crippen MR) is 81.3 cm³/mol. The highest BCUT2D eigenvalue weighted by Crippen LogP contribution is 2.23. The lowest BCUT2D eigenvalue weighted by molar-refractivity contribution is 0.117. The number of aliphatic hydroxyl groups is 1. The van der Waals surface area contributed by atoms with Crippen molar-refractivity contribution in [2.45, 2.75) is 76.6 Å². The Bertz CT molecular complexity index is 522. The number of aromatic nitrogens is 3. The van der Waals surface area contributed by atoms with Gasteiger partial charge in [0.2, 0.25) is 0 Å². The van der Waals surface area contributed by atoms with E-state index in [0.29, 0.717) is 0 Å². The first-order valence-electron chi connectivity index (χ1n) is 8.34. The molecule has 3 N–H and O–H groups in total. The van der Waals surface area contributed by atoms with Crippen molar-refractivity contribution < 1.29 is 9.90 Å². The van der Waals surface area contributed by atoms with Gasteiger partial charge < -0.3 is 15.7 Å². The quantitative estimate of drug-likeness (QED) is 0.784. The molecule has 7 nitrogen and oxygen atoms in total. The number of urea groups is 1. The fourth-order valence-electron chi connectivity index (χ4n) is 3.29. The van der Waals surface area contributed by atoms with E-state index >= 15 is 0 Å². The maximum Gasteiger partial charge on any atom is 0.315 e. The summed E-state index contributed by atoms with van der Waals surface area (Å²) < 4.78 is 1.92. The Morgan fingerprint density at radius 2 is 2.05 bits per heavy atom. The van der Waals surface area contributed by atoms with Gasteiger partial charge in [-0.1, -0.05) is 6.92 Å². The van der Waals surface area contributed by atoms with Crippen LogP contribution in [-0.4, -0.2) is 38.0 Å². The van der Waals surface area contributed by atoms with E-state index in [0.717, 1.165) is 63.1 Å². The van der Waals surface area contributed by atoms with E-state index < -0.39 is 0 Å². The van der Waals surface area contributed by atoms with Crippen molar-refractivity contribution in [2.75, 3.05) is 0 Å². The van der Waals surface area contributed by atoms with Gasteiger partial charge in [0, 0.05) is 19.0 Å². The van der Waals surface area contributed by atoms with E-state index in [-0.39, 0.29) is 24.2 Å². The summed E-state index contributed by atoms with van der Waals surface area (Å²) in [4.78, 5) is 16.7. The summed E-state index contributed by atoms with van der Waals surface area (Å²) in [6.07, 6.45) is 5.73. The molecule has 0 bridgehead atoms. The highest BCUT2D eigenvalue weighted by Gasteiger charge is 2.27. The van der Waals surface area contributed by atoms with Gasteiger partial charge in [0.25, 0.3) is 0 Å². The third kappa shape index (κ3) is 3.40. The summed E-state index contributed by atoms with van der Waals surface area (Å²) in [6, 6.07) is -0.0346. The number of aliphatic hydroxyl groups excluding tert-OH is 1. The molecule has 1 aliphatic carbocycles. The van der Waals surface area contributed by atoms with E-state index in [1.165, 1.54) is 0 Å². The Balaban J connectivity index is 1.57. The number of carbonyl (C=O) groups excluding carboxylic acids is 1. The zero-order valence-corrected chi connectivity index (χ0v) is 13.1. The molecule has 1 aliphatic heterocycles. The fraction of sp³-hybridized carbons (Fsp3) is 0.800. The Morgan fingerprint density at radius 3 is 2.77 bits per heavy atom. The number of rotatable bonds is 3. The van der Waals surface area contributed by atoms with Crippen LogP contribution in [0.25, 0.3) is 0 Å². The summed E-state index contributed by atoms with van der Waals surface area (Å²) >= 11 is 0. The lowest BCUT2D eigenvalue weighted by atomic mass is 9.93. The number of hydrogen-bond acceptors (Lipinski definition) is 4. The topological polar surface area (TPSA) is 92.1 Å². The van der Waals surface area contributed by atoms with E-state index in [4.69, 9.17) is 0 Å². The maximum atomic E-state index is 12.2. The Hall–Kier alpha value is -1.63.